The van der Waals surface area contributed by atoms with Crippen molar-refractivity contribution in [1.29, 1.82) is 0 Å². The maximum Gasteiger partial charge on any atom is 0.242 e. The summed E-state index contributed by atoms with van der Waals surface area (Å²) in [4.78, 5) is 19.6. The van der Waals surface area contributed by atoms with Gasteiger partial charge in [0.15, 0.2) is 0 Å². The van der Waals surface area contributed by atoms with Gasteiger partial charge in [-0.1, -0.05) is 6.07 Å². The van der Waals surface area contributed by atoms with Crippen molar-refractivity contribution in [3.05, 3.63) is 47.5 Å². The molecule has 7 heteroatoms. The van der Waals surface area contributed by atoms with E-state index in [1.807, 2.05) is 19.1 Å². The molecule has 4 rings (SSSR count). The summed E-state index contributed by atoms with van der Waals surface area (Å²) in [6.45, 7) is 8.48. The van der Waals surface area contributed by atoms with E-state index in [0.717, 1.165) is 43.7 Å². The molecule has 1 saturated carbocycles. The van der Waals surface area contributed by atoms with Gasteiger partial charge in [-0.05, 0) is 44.4 Å². The standard InChI is InChI=1S/C21H29N5O2/c1-16-12-17(2)26(24-16)15-21(5-6-21)14-23-20(27)19(18-4-3-7-22-13-18)25-8-10-28-11-9-25/h3-4,7,12-13,19H,5-6,8-11,14-15H2,1-2H3,(H,23,27)/t19-/m1/s1. The molecule has 150 valence electrons. The number of carbonyl (C=O) groups is 1. The topological polar surface area (TPSA) is 72.3 Å². The Morgan fingerprint density at radius 2 is 2.11 bits per heavy atom. The average Bonchev–Trinajstić information content (AvgIpc) is 3.40. The van der Waals surface area contributed by atoms with Gasteiger partial charge >= 0.3 is 0 Å². The lowest BCUT2D eigenvalue weighted by Gasteiger charge is -2.34. The van der Waals surface area contributed by atoms with Crippen molar-refractivity contribution in [3.63, 3.8) is 0 Å². The van der Waals surface area contributed by atoms with Gasteiger partial charge < -0.3 is 10.1 Å². The minimum atomic E-state index is -0.318. The third-order valence-electron chi connectivity index (χ3n) is 5.84. The van der Waals surface area contributed by atoms with Crippen LogP contribution in [-0.4, -0.2) is 58.4 Å². The van der Waals surface area contributed by atoms with Gasteiger partial charge in [0.1, 0.15) is 6.04 Å². The maximum absolute atomic E-state index is 13.2. The molecule has 1 aliphatic heterocycles. The van der Waals surface area contributed by atoms with E-state index in [4.69, 9.17) is 4.74 Å². The van der Waals surface area contributed by atoms with E-state index >= 15 is 0 Å². The average molecular weight is 383 g/mol. The Morgan fingerprint density at radius 3 is 2.71 bits per heavy atom. The Balaban J connectivity index is 1.43. The van der Waals surface area contributed by atoms with Crippen LogP contribution in [0.25, 0.3) is 0 Å². The van der Waals surface area contributed by atoms with Gasteiger partial charge in [0.25, 0.3) is 0 Å². The highest BCUT2D eigenvalue weighted by molar-refractivity contribution is 5.83. The van der Waals surface area contributed by atoms with E-state index in [2.05, 4.69) is 38.0 Å². The fourth-order valence-electron chi connectivity index (χ4n) is 3.99. The van der Waals surface area contributed by atoms with E-state index in [1.54, 1.807) is 12.4 Å². The molecule has 2 aromatic heterocycles. The number of pyridine rings is 1. The zero-order chi connectivity index (χ0) is 19.6. The summed E-state index contributed by atoms with van der Waals surface area (Å²) in [7, 11) is 0. The highest BCUT2D eigenvalue weighted by atomic mass is 16.5. The van der Waals surface area contributed by atoms with Crippen LogP contribution < -0.4 is 5.32 Å². The number of ether oxygens (including phenoxy) is 1. The van der Waals surface area contributed by atoms with E-state index in [9.17, 15) is 4.79 Å². The van der Waals surface area contributed by atoms with Gasteiger partial charge in [0.05, 0.1) is 18.9 Å². The molecule has 1 N–H and O–H groups in total. The number of morpholine rings is 1. The fraction of sp³-hybridized carbons (Fsp3) is 0.571. The Hall–Kier alpha value is -2.25. The minimum absolute atomic E-state index is 0.0505. The molecule has 2 aliphatic rings. The molecule has 0 radical (unpaired) electrons. The number of hydrogen-bond donors (Lipinski definition) is 1. The van der Waals surface area contributed by atoms with Crippen LogP contribution in [0.5, 0.6) is 0 Å². The lowest BCUT2D eigenvalue weighted by molar-refractivity contribution is -0.128. The number of rotatable bonds is 7. The van der Waals surface area contributed by atoms with Crippen molar-refractivity contribution in [2.24, 2.45) is 5.41 Å². The predicted molar refractivity (Wildman–Crippen MR) is 106 cm³/mol. The Bertz CT molecular complexity index is 809. The number of amides is 1. The first-order valence-electron chi connectivity index (χ1n) is 10.1. The van der Waals surface area contributed by atoms with Crippen molar-refractivity contribution in [2.75, 3.05) is 32.8 Å². The van der Waals surface area contributed by atoms with Crippen LogP contribution in [0.2, 0.25) is 0 Å². The molecule has 0 aromatic carbocycles. The highest BCUT2D eigenvalue weighted by Gasteiger charge is 2.44. The number of nitrogens with zero attached hydrogens (tertiary/aromatic N) is 4. The second kappa shape index (κ2) is 8.01. The molecule has 2 fully saturated rings. The molecule has 0 unspecified atom stereocenters. The maximum atomic E-state index is 13.2. The first-order chi connectivity index (χ1) is 13.6. The van der Waals surface area contributed by atoms with Crippen molar-refractivity contribution >= 4 is 5.91 Å². The zero-order valence-corrected chi connectivity index (χ0v) is 16.7. The Kier molecular flexibility index (Phi) is 5.46. The first kappa shape index (κ1) is 19.1. The monoisotopic (exact) mass is 383 g/mol. The molecule has 28 heavy (non-hydrogen) atoms. The largest absolute Gasteiger partial charge is 0.379 e. The summed E-state index contributed by atoms with van der Waals surface area (Å²) in [5, 5.41) is 7.83. The summed E-state index contributed by atoms with van der Waals surface area (Å²) in [6, 6.07) is 5.66. The van der Waals surface area contributed by atoms with Crippen LogP contribution in [0.1, 0.15) is 35.8 Å². The molecular formula is C21H29N5O2. The van der Waals surface area contributed by atoms with Crippen LogP contribution in [0.3, 0.4) is 0 Å². The number of nitrogens with one attached hydrogen (secondary N) is 1. The van der Waals surface area contributed by atoms with E-state index in [0.29, 0.717) is 19.8 Å². The van der Waals surface area contributed by atoms with Gasteiger partial charge in [0.2, 0.25) is 5.91 Å². The number of hydrogen-bond acceptors (Lipinski definition) is 5. The first-order valence-corrected chi connectivity index (χ1v) is 10.1. The predicted octanol–water partition coefficient (Wildman–Crippen LogP) is 1.86. The van der Waals surface area contributed by atoms with E-state index < -0.39 is 0 Å². The smallest absolute Gasteiger partial charge is 0.242 e. The summed E-state index contributed by atoms with van der Waals surface area (Å²) < 4.78 is 7.55. The molecule has 3 heterocycles. The molecule has 1 aliphatic carbocycles. The van der Waals surface area contributed by atoms with Crippen molar-refractivity contribution in [2.45, 2.75) is 39.3 Å². The van der Waals surface area contributed by atoms with Gasteiger partial charge in [-0.2, -0.15) is 5.10 Å². The third-order valence-corrected chi connectivity index (χ3v) is 5.84. The van der Waals surface area contributed by atoms with Crippen molar-refractivity contribution in [1.82, 2.24) is 25.0 Å². The molecule has 0 spiro atoms. The summed E-state index contributed by atoms with van der Waals surface area (Å²) >= 11 is 0. The Labute approximate surface area is 166 Å². The lowest BCUT2D eigenvalue weighted by atomic mass is 10.0. The highest BCUT2D eigenvalue weighted by Crippen LogP contribution is 2.46. The summed E-state index contributed by atoms with van der Waals surface area (Å²) in [5.41, 5.74) is 3.28. The minimum Gasteiger partial charge on any atom is -0.379 e. The van der Waals surface area contributed by atoms with Gasteiger partial charge in [0, 0.05) is 49.7 Å². The molecule has 2 aromatic rings. The second-order valence-corrected chi connectivity index (χ2v) is 8.14. The summed E-state index contributed by atoms with van der Waals surface area (Å²) in [5.74, 6) is 0.0505. The fourth-order valence-corrected chi connectivity index (χ4v) is 3.99. The van der Waals surface area contributed by atoms with Crippen LogP contribution in [-0.2, 0) is 16.1 Å². The van der Waals surface area contributed by atoms with Crippen LogP contribution >= 0.6 is 0 Å². The Morgan fingerprint density at radius 1 is 1.32 bits per heavy atom. The molecule has 0 bridgehead atoms. The molecule has 7 nitrogen and oxygen atoms in total. The molecular weight excluding hydrogens is 354 g/mol. The van der Waals surface area contributed by atoms with Crippen LogP contribution in [0.4, 0.5) is 0 Å². The zero-order valence-electron chi connectivity index (χ0n) is 16.7. The second-order valence-electron chi connectivity index (χ2n) is 8.14. The van der Waals surface area contributed by atoms with E-state index in [-0.39, 0.29) is 17.4 Å². The van der Waals surface area contributed by atoms with Crippen LogP contribution in [0, 0.1) is 19.3 Å². The molecule has 1 saturated heterocycles. The SMILES string of the molecule is Cc1cc(C)n(CC2(CNC(=O)[C@@H](c3cccnc3)N3CCOCC3)CC2)n1. The van der Waals surface area contributed by atoms with Crippen molar-refractivity contribution in [3.8, 4) is 0 Å². The third kappa shape index (κ3) is 4.25. The van der Waals surface area contributed by atoms with Gasteiger partial charge in [-0.25, -0.2) is 0 Å². The van der Waals surface area contributed by atoms with Crippen molar-refractivity contribution < 1.29 is 9.53 Å². The molecule has 1 amide bonds. The lowest BCUT2D eigenvalue weighted by Crippen LogP contribution is -2.47. The normalized spacial score (nSPS) is 19.9. The van der Waals surface area contributed by atoms with Crippen LogP contribution in [0.15, 0.2) is 30.6 Å². The number of aryl methyl sites for hydroxylation is 2. The van der Waals surface area contributed by atoms with E-state index in [1.165, 1.54) is 5.69 Å². The summed E-state index contributed by atoms with van der Waals surface area (Å²) in [6.07, 6.45) is 5.79. The number of aromatic nitrogens is 3. The molecule has 1 atom stereocenters. The van der Waals surface area contributed by atoms with Gasteiger partial charge in [-0.3, -0.25) is 19.4 Å². The van der Waals surface area contributed by atoms with Gasteiger partial charge in [-0.15, -0.1) is 0 Å². The quantitative estimate of drug-likeness (QED) is 0.790. The number of carbonyl (C=O) groups excluding carboxylic acids is 1.